The SMILES string of the molecule is CC(C)CN(CC(=O)O)Cc1cc(Cl)ccc1Br. The second-order valence-corrected chi connectivity index (χ2v) is 5.98. The van der Waals surface area contributed by atoms with E-state index in [0.717, 1.165) is 16.6 Å². The molecule has 0 aromatic heterocycles. The molecule has 1 N–H and O–H groups in total. The van der Waals surface area contributed by atoms with E-state index in [1.807, 2.05) is 17.0 Å². The average molecular weight is 335 g/mol. The molecule has 0 fully saturated rings. The van der Waals surface area contributed by atoms with E-state index < -0.39 is 5.97 Å². The van der Waals surface area contributed by atoms with Crippen LogP contribution in [-0.4, -0.2) is 29.1 Å². The van der Waals surface area contributed by atoms with Gasteiger partial charge in [-0.05, 0) is 29.7 Å². The van der Waals surface area contributed by atoms with Crippen LogP contribution in [-0.2, 0) is 11.3 Å². The minimum absolute atomic E-state index is 0.0388. The molecule has 0 unspecified atom stereocenters. The lowest BCUT2D eigenvalue weighted by Gasteiger charge is -2.23. The minimum atomic E-state index is -0.811. The van der Waals surface area contributed by atoms with Crippen molar-refractivity contribution in [2.45, 2.75) is 20.4 Å². The predicted octanol–water partition coefficient (Wildman–Crippen LogP) is 3.65. The van der Waals surface area contributed by atoms with E-state index in [0.29, 0.717) is 17.5 Å². The lowest BCUT2D eigenvalue weighted by atomic mass is 10.1. The Kier molecular flexibility index (Phi) is 6.12. The molecule has 0 bridgehead atoms. The smallest absolute Gasteiger partial charge is 0.317 e. The molecule has 1 aromatic carbocycles. The Balaban J connectivity index is 2.81. The first kappa shape index (κ1) is 15.5. The van der Waals surface area contributed by atoms with E-state index in [2.05, 4.69) is 29.8 Å². The number of carboxylic acids is 1. The fourth-order valence-electron chi connectivity index (χ4n) is 1.80. The van der Waals surface area contributed by atoms with Gasteiger partial charge in [-0.1, -0.05) is 41.4 Å². The summed E-state index contributed by atoms with van der Waals surface area (Å²) < 4.78 is 0.950. The lowest BCUT2D eigenvalue weighted by Crippen LogP contribution is -2.32. The maximum absolute atomic E-state index is 10.9. The fourth-order valence-corrected chi connectivity index (χ4v) is 2.36. The van der Waals surface area contributed by atoms with Crippen LogP contribution in [0.4, 0.5) is 0 Å². The van der Waals surface area contributed by atoms with E-state index in [1.165, 1.54) is 0 Å². The molecular formula is C13H17BrClNO2. The normalized spacial score (nSPS) is 11.2. The second kappa shape index (κ2) is 7.12. The monoisotopic (exact) mass is 333 g/mol. The molecule has 3 nitrogen and oxygen atoms in total. The Hall–Kier alpha value is -0.580. The van der Waals surface area contributed by atoms with Gasteiger partial charge in [0.25, 0.3) is 0 Å². The Morgan fingerprint density at radius 3 is 2.72 bits per heavy atom. The van der Waals surface area contributed by atoms with Crippen LogP contribution in [0.15, 0.2) is 22.7 Å². The maximum atomic E-state index is 10.9. The van der Waals surface area contributed by atoms with Gasteiger partial charge < -0.3 is 5.11 Å². The van der Waals surface area contributed by atoms with Gasteiger partial charge in [0.05, 0.1) is 6.54 Å². The third kappa shape index (κ3) is 5.38. The number of halogens is 2. The highest BCUT2D eigenvalue weighted by atomic mass is 79.9. The fraction of sp³-hybridized carbons (Fsp3) is 0.462. The molecule has 0 amide bonds. The second-order valence-electron chi connectivity index (χ2n) is 4.69. The highest BCUT2D eigenvalue weighted by Gasteiger charge is 2.13. The Morgan fingerprint density at radius 1 is 1.50 bits per heavy atom. The third-order valence-corrected chi connectivity index (χ3v) is 3.39. The number of hydrogen-bond donors (Lipinski definition) is 1. The molecule has 0 spiro atoms. The molecule has 0 saturated heterocycles. The van der Waals surface area contributed by atoms with E-state index in [4.69, 9.17) is 16.7 Å². The standard InChI is InChI=1S/C13H17BrClNO2/c1-9(2)6-16(8-13(17)18)7-10-5-11(15)3-4-12(10)14/h3-5,9H,6-8H2,1-2H3,(H,17,18). The first-order chi connectivity index (χ1) is 8.38. The Labute approximate surface area is 121 Å². The highest BCUT2D eigenvalue weighted by molar-refractivity contribution is 9.10. The van der Waals surface area contributed by atoms with Gasteiger partial charge >= 0.3 is 5.97 Å². The first-order valence-corrected chi connectivity index (χ1v) is 6.93. The summed E-state index contributed by atoms with van der Waals surface area (Å²) in [6.45, 7) is 5.50. The van der Waals surface area contributed by atoms with Crippen LogP contribution >= 0.6 is 27.5 Å². The van der Waals surface area contributed by atoms with E-state index in [1.54, 1.807) is 6.07 Å². The van der Waals surface area contributed by atoms with Crippen molar-refractivity contribution in [3.8, 4) is 0 Å². The zero-order valence-corrected chi connectivity index (χ0v) is 12.8. The summed E-state index contributed by atoms with van der Waals surface area (Å²) in [7, 11) is 0. The molecular weight excluding hydrogens is 318 g/mol. The quantitative estimate of drug-likeness (QED) is 0.863. The molecule has 0 heterocycles. The van der Waals surface area contributed by atoms with Gasteiger partial charge in [-0.3, -0.25) is 9.69 Å². The van der Waals surface area contributed by atoms with Crippen LogP contribution in [0.5, 0.6) is 0 Å². The Bertz CT molecular complexity index is 423. The molecule has 0 aliphatic heterocycles. The first-order valence-electron chi connectivity index (χ1n) is 5.76. The largest absolute Gasteiger partial charge is 0.480 e. The summed E-state index contributed by atoms with van der Waals surface area (Å²) in [6.07, 6.45) is 0. The van der Waals surface area contributed by atoms with E-state index in [9.17, 15) is 4.79 Å². The number of carbonyl (C=O) groups is 1. The summed E-state index contributed by atoms with van der Waals surface area (Å²) >= 11 is 9.41. The number of aliphatic carboxylic acids is 1. The van der Waals surface area contributed by atoms with Crippen LogP contribution in [0.25, 0.3) is 0 Å². The third-order valence-electron chi connectivity index (χ3n) is 2.38. The van der Waals surface area contributed by atoms with Crippen molar-refractivity contribution >= 4 is 33.5 Å². The number of hydrogen-bond acceptors (Lipinski definition) is 2. The van der Waals surface area contributed by atoms with Gasteiger partial charge in [0.15, 0.2) is 0 Å². The van der Waals surface area contributed by atoms with Crippen molar-refractivity contribution < 1.29 is 9.90 Å². The van der Waals surface area contributed by atoms with Gasteiger partial charge in [0, 0.05) is 22.6 Å². The van der Waals surface area contributed by atoms with Gasteiger partial charge in [-0.25, -0.2) is 0 Å². The predicted molar refractivity (Wildman–Crippen MR) is 76.9 cm³/mol. The summed E-state index contributed by atoms with van der Waals surface area (Å²) in [4.78, 5) is 12.8. The van der Waals surface area contributed by atoms with Gasteiger partial charge in [-0.2, -0.15) is 0 Å². The zero-order valence-electron chi connectivity index (χ0n) is 10.5. The molecule has 1 rings (SSSR count). The molecule has 18 heavy (non-hydrogen) atoms. The van der Waals surface area contributed by atoms with Crippen LogP contribution in [0, 0.1) is 5.92 Å². The van der Waals surface area contributed by atoms with Gasteiger partial charge in [-0.15, -0.1) is 0 Å². The van der Waals surface area contributed by atoms with Gasteiger partial charge in [0.1, 0.15) is 0 Å². The van der Waals surface area contributed by atoms with Crippen molar-refractivity contribution in [3.05, 3.63) is 33.3 Å². The summed E-state index contributed by atoms with van der Waals surface area (Å²) in [5.74, 6) is -0.392. The molecule has 0 radical (unpaired) electrons. The topological polar surface area (TPSA) is 40.5 Å². The van der Waals surface area contributed by atoms with E-state index in [-0.39, 0.29) is 6.54 Å². The van der Waals surface area contributed by atoms with Crippen LogP contribution < -0.4 is 0 Å². The van der Waals surface area contributed by atoms with Gasteiger partial charge in [0.2, 0.25) is 0 Å². The summed E-state index contributed by atoms with van der Waals surface area (Å²) in [5.41, 5.74) is 1.00. The van der Waals surface area contributed by atoms with Crippen molar-refractivity contribution in [2.24, 2.45) is 5.92 Å². The van der Waals surface area contributed by atoms with Crippen molar-refractivity contribution in [3.63, 3.8) is 0 Å². The van der Waals surface area contributed by atoms with Crippen molar-refractivity contribution in [1.29, 1.82) is 0 Å². The summed E-state index contributed by atoms with van der Waals surface area (Å²) in [5, 5.41) is 9.58. The van der Waals surface area contributed by atoms with Crippen molar-refractivity contribution in [2.75, 3.05) is 13.1 Å². The zero-order chi connectivity index (χ0) is 13.7. The Morgan fingerprint density at radius 2 is 2.17 bits per heavy atom. The highest BCUT2D eigenvalue weighted by Crippen LogP contribution is 2.22. The van der Waals surface area contributed by atoms with Crippen molar-refractivity contribution in [1.82, 2.24) is 4.90 Å². The number of benzene rings is 1. The molecule has 0 aliphatic rings. The minimum Gasteiger partial charge on any atom is -0.480 e. The molecule has 1 aromatic rings. The lowest BCUT2D eigenvalue weighted by molar-refractivity contribution is -0.138. The maximum Gasteiger partial charge on any atom is 0.317 e. The molecule has 0 atom stereocenters. The average Bonchev–Trinajstić information content (AvgIpc) is 2.21. The molecule has 100 valence electrons. The molecule has 5 heteroatoms. The number of nitrogens with zero attached hydrogens (tertiary/aromatic N) is 1. The number of carboxylic acid groups (broad SMARTS) is 1. The van der Waals surface area contributed by atoms with Crippen LogP contribution in [0.2, 0.25) is 5.02 Å². The molecule has 0 aliphatic carbocycles. The van der Waals surface area contributed by atoms with Crippen LogP contribution in [0.1, 0.15) is 19.4 Å². The summed E-state index contributed by atoms with van der Waals surface area (Å²) in [6, 6.07) is 5.55. The van der Waals surface area contributed by atoms with E-state index >= 15 is 0 Å². The van der Waals surface area contributed by atoms with Crippen LogP contribution in [0.3, 0.4) is 0 Å². The molecule has 0 saturated carbocycles. The number of rotatable bonds is 6.